The monoisotopic (exact) mass is 364 g/mol. The quantitative estimate of drug-likeness (QED) is 0.730. The molecule has 138 valence electrons. The molecule has 2 aromatic heterocycles. The summed E-state index contributed by atoms with van der Waals surface area (Å²) in [5.74, 6) is -0.934. The fourth-order valence-electron chi connectivity index (χ4n) is 3.73. The molecule has 0 radical (unpaired) electrons. The van der Waals surface area contributed by atoms with Gasteiger partial charge in [0.25, 0.3) is 5.91 Å². The highest BCUT2D eigenvalue weighted by Gasteiger charge is 2.41. The first-order valence-electron chi connectivity index (χ1n) is 8.91. The average molecular weight is 364 g/mol. The van der Waals surface area contributed by atoms with Crippen LogP contribution in [0.3, 0.4) is 0 Å². The molecular formula is C19H20N6O2. The van der Waals surface area contributed by atoms with E-state index in [1.165, 1.54) is 0 Å². The molecule has 1 aliphatic rings. The van der Waals surface area contributed by atoms with Crippen molar-refractivity contribution in [3.63, 3.8) is 0 Å². The summed E-state index contributed by atoms with van der Waals surface area (Å²) in [4.78, 5) is 29.0. The molecule has 0 unspecified atom stereocenters. The van der Waals surface area contributed by atoms with Gasteiger partial charge in [-0.1, -0.05) is 24.1 Å². The highest BCUT2D eigenvalue weighted by Crippen LogP contribution is 2.30. The number of nitrogens with zero attached hydrogens (tertiary/aromatic N) is 4. The van der Waals surface area contributed by atoms with Crippen molar-refractivity contribution in [2.75, 3.05) is 0 Å². The Kier molecular flexibility index (Phi) is 4.10. The maximum Gasteiger partial charge on any atom is 0.274 e. The maximum absolute atomic E-state index is 12.8. The van der Waals surface area contributed by atoms with E-state index in [1.807, 2.05) is 30.3 Å². The largest absolute Gasteiger partial charge is 0.368 e. The predicted molar refractivity (Wildman–Crippen MR) is 99.3 cm³/mol. The van der Waals surface area contributed by atoms with E-state index >= 15 is 0 Å². The van der Waals surface area contributed by atoms with Gasteiger partial charge in [-0.3, -0.25) is 14.6 Å². The molecule has 1 fully saturated rings. The van der Waals surface area contributed by atoms with Crippen LogP contribution in [-0.2, 0) is 4.79 Å². The Morgan fingerprint density at radius 3 is 2.70 bits per heavy atom. The second-order valence-corrected chi connectivity index (χ2v) is 6.89. The maximum atomic E-state index is 12.8. The smallest absolute Gasteiger partial charge is 0.274 e. The van der Waals surface area contributed by atoms with Crippen molar-refractivity contribution in [1.82, 2.24) is 25.3 Å². The third-order valence-electron chi connectivity index (χ3n) is 5.24. The van der Waals surface area contributed by atoms with E-state index in [4.69, 9.17) is 5.73 Å². The topological polar surface area (TPSA) is 116 Å². The Hall–Kier alpha value is -3.29. The minimum Gasteiger partial charge on any atom is -0.368 e. The van der Waals surface area contributed by atoms with E-state index < -0.39 is 17.4 Å². The molecule has 0 spiro atoms. The molecule has 8 heteroatoms. The molecule has 1 aliphatic carbocycles. The van der Waals surface area contributed by atoms with Crippen molar-refractivity contribution < 1.29 is 9.59 Å². The van der Waals surface area contributed by atoms with Crippen molar-refractivity contribution in [3.8, 4) is 5.69 Å². The molecule has 2 amide bonds. The van der Waals surface area contributed by atoms with Crippen LogP contribution < -0.4 is 11.1 Å². The van der Waals surface area contributed by atoms with Gasteiger partial charge in [-0.25, -0.2) is 4.68 Å². The minimum absolute atomic E-state index is 0.184. The van der Waals surface area contributed by atoms with E-state index in [0.29, 0.717) is 18.5 Å². The molecule has 0 aliphatic heterocycles. The van der Waals surface area contributed by atoms with Crippen molar-refractivity contribution in [3.05, 3.63) is 47.9 Å². The Balaban J connectivity index is 1.70. The molecule has 1 saturated carbocycles. The number of hydrogen-bond donors (Lipinski definition) is 2. The number of hydrogen-bond acceptors (Lipinski definition) is 5. The third-order valence-corrected chi connectivity index (χ3v) is 5.24. The number of carbonyl (C=O) groups is 2. The molecule has 3 aromatic rings. The summed E-state index contributed by atoms with van der Waals surface area (Å²) in [6, 6.07) is 9.48. The number of rotatable bonds is 4. The lowest BCUT2D eigenvalue weighted by Crippen LogP contribution is -2.55. The third kappa shape index (κ3) is 2.83. The zero-order valence-electron chi connectivity index (χ0n) is 15.0. The van der Waals surface area contributed by atoms with Crippen LogP contribution in [0.2, 0.25) is 0 Å². The lowest BCUT2D eigenvalue weighted by molar-refractivity contribution is -0.123. The number of amides is 2. The number of pyridine rings is 1. The van der Waals surface area contributed by atoms with Gasteiger partial charge in [0.1, 0.15) is 5.54 Å². The van der Waals surface area contributed by atoms with Crippen LogP contribution >= 0.6 is 0 Å². The van der Waals surface area contributed by atoms with Gasteiger partial charge in [0.15, 0.2) is 5.69 Å². The first-order chi connectivity index (χ1) is 13.0. The summed E-state index contributed by atoms with van der Waals surface area (Å²) < 4.78 is 1.62. The molecule has 0 saturated heterocycles. The van der Waals surface area contributed by atoms with E-state index in [0.717, 1.165) is 29.4 Å². The van der Waals surface area contributed by atoms with Crippen LogP contribution in [0.5, 0.6) is 0 Å². The number of aromatic nitrogens is 4. The normalized spacial score (nSPS) is 15.7. The first kappa shape index (κ1) is 17.1. The van der Waals surface area contributed by atoms with E-state index in [-0.39, 0.29) is 5.69 Å². The number of nitrogens with two attached hydrogens (primary N) is 1. The number of fused-ring (bicyclic) bond motifs is 1. The van der Waals surface area contributed by atoms with Gasteiger partial charge in [-0.2, -0.15) is 0 Å². The summed E-state index contributed by atoms with van der Waals surface area (Å²) in [5.41, 5.74) is 6.95. The van der Waals surface area contributed by atoms with Gasteiger partial charge >= 0.3 is 0 Å². The van der Waals surface area contributed by atoms with E-state index in [2.05, 4.69) is 20.6 Å². The van der Waals surface area contributed by atoms with Crippen LogP contribution in [-0.4, -0.2) is 37.3 Å². The van der Waals surface area contributed by atoms with Crippen LogP contribution in [0.25, 0.3) is 16.6 Å². The van der Waals surface area contributed by atoms with Crippen LogP contribution in [0, 0.1) is 6.92 Å². The molecule has 1 aromatic carbocycles. The molecule has 4 rings (SSSR count). The van der Waals surface area contributed by atoms with Crippen LogP contribution in [0.4, 0.5) is 0 Å². The van der Waals surface area contributed by atoms with Gasteiger partial charge in [0.2, 0.25) is 5.91 Å². The highest BCUT2D eigenvalue weighted by molar-refractivity contribution is 5.98. The Bertz CT molecular complexity index is 1030. The van der Waals surface area contributed by atoms with Gasteiger partial charge in [0.05, 0.1) is 16.9 Å². The number of carbonyl (C=O) groups excluding carboxylic acids is 2. The predicted octanol–water partition coefficient (Wildman–Crippen LogP) is 1.65. The average Bonchev–Trinajstić information content (AvgIpc) is 3.29. The lowest BCUT2D eigenvalue weighted by Gasteiger charge is -2.26. The number of primary amides is 1. The van der Waals surface area contributed by atoms with Crippen LogP contribution in [0.15, 0.2) is 36.5 Å². The molecule has 0 bridgehead atoms. The zero-order valence-corrected chi connectivity index (χ0v) is 15.0. The second-order valence-electron chi connectivity index (χ2n) is 6.89. The fraction of sp³-hybridized carbons (Fsp3) is 0.316. The van der Waals surface area contributed by atoms with E-state index in [9.17, 15) is 9.59 Å². The molecule has 27 heavy (non-hydrogen) atoms. The van der Waals surface area contributed by atoms with Gasteiger partial charge in [-0.15, -0.1) is 5.10 Å². The Labute approximate surface area is 155 Å². The van der Waals surface area contributed by atoms with Crippen molar-refractivity contribution in [2.45, 2.75) is 38.1 Å². The fourth-order valence-corrected chi connectivity index (χ4v) is 3.73. The van der Waals surface area contributed by atoms with E-state index in [1.54, 1.807) is 17.8 Å². The zero-order chi connectivity index (χ0) is 19.0. The first-order valence-corrected chi connectivity index (χ1v) is 8.91. The Morgan fingerprint density at radius 1 is 1.19 bits per heavy atom. The summed E-state index contributed by atoms with van der Waals surface area (Å²) in [6.07, 6.45) is 4.55. The van der Waals surface area contributed by atoms with Gasteiger partial charge in [0, 0.05) is 11.6 Å². The van der Waals surface area contributed by atoms with Crippen molar-refractivity contribution in [1.29, 1.82) is 0 Å². The molecule has 3 N–H and O–H groups in total. The second kappa shape index (κ2) is 6.46. The van der Waals surface area contributed by atoms with Crippen molar-refractivity contribution in [2.24, 2.45) is 5.73 Å². The van der Waals surface area contributed by atoms with Gasteiger partial charge in [-0.05, 0) is 44.0 Å². The van der Waals surface area contributed by atoms with Gasteiger partial charge < -0.3 is 11.1 Å². The summed E-state index contributed by atoms with van der Waals surface area (Å²) in [7, 11) is 0. The van der Waals surface area contributed by atoms with Crippen LogP contribution in [0.1, 0.15) is 41.9 Å². The minimum atomic E-state index is -0.989. The summed E-state index contributed by atoms with van der Waals surface area (Å²) in [5, 5.41) is 11.9. The molecular weight excluding hydrogens is 344 g/mol. The highest BCUT2D eigenvalue weighted by atomic mass is 16.2. The van der Waals surface area contributed by atoms with Crippen molar-refractivity contribution >= 4 is 22.7 Å². The number of benzene rings is 1. The summed E-state index contributed by atoms with van der Waals surface area (Å²) >= 11 is 0. The molecule has 8 nitrogen and oxygen atoms in total. The molecule has 0 atom stereocenters. The SMILES string of the molecule is Cc1c(C(=O)NC2(C(N)=O)CCCC2)nnn1-c1cccc2ncccc12. The lowest BCUT2D eigenvalue weighted by atomic mass is 9.96. The Morgan fingerprint density at radius 2 is 1.96 bits per heavy atom. The molecule has 2 heterocycles. The number of nitrogens with one attached hydrogen (secondary N) is 1. The summed E-state index contributed by atoms with van der Waals surface area (Å²) in [6.45, 7) is 1.77. The standard InChI is InChI=1S/C19H20N6O2/c1-12-16(17(26)22-19(18(20)27)9-2-3-10-19)23-24-25(12)15-8-4-7-14-13(15)6-5-11-21-14/h4-8,11H,2-3,9-10H2,1H3,(H2,20,27)(H,22,26).